The zero-order chi connectivity index (χ0) is 13.1. The Morgan fingerprint density at radius 1 is 1.39 bits per heavy atom. The molecule has 1 atom stereocenters. The van der Waals surface area contributed by atoms with Crippen molar-refractivity contribution in [1.29, 1.82) is 0 Å². The molecule has 1 aliphatic rings. The van der Waals surface area contributed by atoms with E-state index in [9.17, 15) is 9.90 Å². The lowest BCUT2D eigenvalue weighted by Gasteiger charge is -2.26. The van der Waals surface area contributed by atoms with Crippen molar-refractivity contribution in [3.8, 4) is 0 Å². The van der Waals surface area contributed by atoms with Gasteiger partial charge in [-0.3, -0.25) is 9.69 Å². The maximum Gasteiger partial charge on any atom is 0.320 e. The van der Waals surface area contributed by atoms with E-state index in [4.69, 9.17) is 0 Å². The summed E-state index contributed by atoms with van der Waals surface area (Å²) in [5.74, 6) is -0.723. The minimum absolute atomic E-state index is 0.385. The molecule has 4 heteroatoms. The van der Waals surface area contributed by atoms with Crippen LogP contribution in [-0.2, 0) is 11.3 Å². The first-order valence-electron chi connectivity index (χ1n) is 6.39. The molecule has 1 heterocycles. The number of carboxylic acids is 1. The fraction of sp³-hybridized carbons (Fsp3) is 0.500. The van der Waals surface area contributed by atoms with Crippen LogP contribution in [-0.4, -0.2) is 42.2 Å². The number of benzene rings is 1. The van der Waals surface area contributed by atoms with Crippen molar-refractivity contribution in [3.63, 3.8) is 0 Å². The van der Waals surface area contributed by atoms with E-state index in [1.54, 1.807) is 0 Å². The van der Waals surface area contributed by atoms with Crippen molar-refractivity contribution in [2.45, 2.75) is 25.9 Å². The Balaban J connectivity index is 2.26. The number of para-hydroxylation sites is 1. The molecule has 2 rings (SSSR count). The number of hydrogen-bond donors (Lipinski definition) is 1. The van der Waals surface area contributed by atoms with E-state index in [1.165, 1.54) is 11.3 Å². The molecule has 0 saturated carbocycles. The van der Waals surface area contributed by atoms with Crippen LogP contribution in [0.4, 0.5) is 5.69 Å². The normalized spacial score (nSPS) is 18.0. The maximum absolute atomic E-state index is 11.3. The Morgan fingerprint density at radius 3 is 2.78 bits per heavy atom. The molecule has 1 aliphatic heterocycles. The number of rotatable bonds is 3. The Bertz CT molecular complexity index is 434. The zero-order valence-electron chi connectivity index (χ0n) is 11.0. The van der Waals surface area contributed by atoms with Crippen molar-refractivity contribution in [2.75, 3.05) is 25.0 Å². The van der Waals surface area contributed by atoms with Crippen LogP contribution in [0.1, 0.15) is 18.9 Å². The third-order valence-corrected chi connectivity index (χ3v) is 3.61. The second-order valence-electron chi connectivity index (χ2n) is 4.78. The molecular formula is C14H20N2O2. The molecule has 98 valence electrons. The summed E-state index contributed by atoms with van der Waals surface area (Å²) in [5.41, 5.74) is 2.41. The molecule has 0 bridgehead atoms. The summed E-state index contributed by atoms with van der Waals surface area (Å²) >= 11 is 0. The summed E-state index contributed by atoms with van der Waals surface area (Å²) in [7, 11) is 2.06. The number of carbonyl (C=O) groups is 1. The Hall–Kier alpha value is -1.55. The molecule has 0 fully saturated rings. The van der Waals surface area contributed by atoms with Crippen molar-refractivity contribution in [2.24, 2.45) is 0 Å². The summed E-state index contributed by atoms with van der Waals surface area (Å²) in [6, 6.07) is 7.83. The van der Waals surface area contributed by atoms with Crippen LogP contribution < -0.4 is 4.90 Å². The molecule has 1 N–H and O–H groups in total. The lowest BCUT2D eigenvalue weighted by molar-refractivity contribution is -0.143. The van der Waals surface area contributed by atoms with E-state index < -0.39 is 5.97 Å². The van der Waals surface area contributed by atoms with Crippen molar-refractivity contribution in [1.82, 2.24) is 4.90 Å². The Labute approximate surface area is 108 Å². The van der Waals surface area contributed by atoms with Crippen LogP contribution in [0.2, 0.25) is 0 Å². The molecule has 0 aliphatic carbocycles. The van der Waals surface area contributed by atoms with Gasteiger partial charge >= 0.3 is 5.97 Å². The van der Waals surface area contributed by atoms with Crippen LogP contribution in [0.3, 0.4) is 0 Å². The molecule has 0 aromatic heterocycles. The van der Waals surface area contributed by atoms with Crippen LogP contribution in [0, 0.1) is 0 Å². The largest absolute Gasteiger partial charge is 0.480 e. The highest BCUT2D eigenvalue weighted by Crippen LogP contribution is 2.25. The van der Waals surface area contributed by atoms with Gasteiger partial charge in [0.15, 0.2) is 0 Å². The molecular weight excluding hydrogens is 228 g/mol. The van der Waals surface area contributed by atoms with Crippen LogP contribution in [0.25, 0.3) is 0 Å². The van der Waals surface area contributed by atoms with E-state index in [0.717, 1.165) is 13.1 Å². The Kier molecular flexibility index (Phi) is 3.87. The predicted octanol–water partition coefficient (Wildman–Crippen LogP) is 1.80. The van der Waals surface area contributed by atoms with Crippen LogP contribution in [0.15, 0.2) is 24.3 Å². The first-order valence-corrected chi connectivity index (χ1v) is 6.39. The SMILES string of the molecule is CCC(C(=O)O)N1CCN(C)c2ccccc2C1. The number of hydrogen-bond acceptors (Lipinski definition) is 3. The summed E-state index contributed by atoms with van der Waals surface area (Å²) < 4.78 is 0. The van der Waals surface area contributed by atoms with Gasteiger partial charge in [-0.15, -0.1) is 0 Å². The molecule has 1 unspecified atom stereocenters. The first-order chi connectivity index (χ1) is 8.63. The molecule has 0 amide bonds. The van der Waals surface area contributed by atoms with E-state index >= 15 is 0 Å². The van der Waals surface area contributed by atoms with Crippen LogP contribution in [0.5, 0.6) is 0 Å². The number of likely N-dealkylation sites (N-methyl/N-ethyl adjacent to an activating group) is 1. The number of aliphatic carboxylic acids is 1. The summed E-state index contributed by atoms with van der Waals surface area (Å²) in [4.78, 5) is 15.5. The zero-order valence-corrected chi connectivity index (χ0v) is 11.0. The first kappa shape index (κ1) is 12.9. The minimum atomic E-state index is -0.723. The minimum Gasteiger partial charge on any atom is -0.480 e. The predicted molar refractivity (Wildman–Crippen MR) is 71.8 cm³/mol. The number of fused-ring (bicyclic) bond motifs is 1. The smallest absolute Gasteiger partial charge is 0.320 e. The Morgan fingerprint density at radius 2 is 2.11 bits per heavy atom. The monoisotopic (exact) mass is 248 g/mol. The van der Waals surface area contributed by atoms with Gasteiger partial charge in [-0.05, 0) is 18.1 Å². The van der Waals surface area contributed by atoms with Gasteiger partial charge in [-0.25, -0.2) is 0 Å². The number of nitrogens with zero attached hydrogens (tertiary/aromatic N) is 2. The third-order valence-electron chi connectivity index (χ3n) is 3.61. The molecule has 18 heavy (non-hydrogen) atoms. The van der Waals surface area contributed by atoms with E-state index in [0.29, 0.717) is 13.0 Å². The number of carboxylic acid groups (broad SMARTS) is 1. The highest BCUT2D eigenvalue weighted by atomic mass is 16.4. The standard InChI is InChI=1S/C14H20N2O2/c1-3-12(14(17)18)16-9-8-15(2)13-7-5-4-6-11(13)10-16/h4-7,12H,3,8-10H2,1-2H3,(H,17,18). The molecule has 0 spiro atoms. The van der Waals surface area contributed by atoms with E-state index in [1.807, 2.05) is 19.1 Å². The third kappa shape index (κ3) is 2.48. The lowest BCUT2D eigenvalue weighted by Crippen LogP contribution is -2.42. The van der Waals surface area contributed by atoms with Gasteiger partial charge in [-0.1, -0.05) is 25.1 Å². The second-order valence-corrected chi connectivity index (χ2v) is 4.78. The van der Waals surface area contributed by atoms with Gasteiger partial charge in [-0.2, -0.15) is 0 Å². The van der Waals surface area contributed by atoms with Gasteiger partial charge < -0.3 is 10.0 Å². The summed E-state index contributed by atoms with van der Waals surface area (Å²) in [5, 5.41) is 9.28. The molecule has 0 saturated heterocycles. The summed E-state index contributed by atoms with van der Waals surface area (Å²) in [6.45, 7) is 4.29. The molecule has 1 aromatic rings. The van der Waals surface area contributed by atoms with E-state index in [-0.39, 0.29) is 6.04 Å². The van der Waals surface area contributed by atoms with Crippen molar-refractivity contribution in [3.05, 3.63) is 29.8 Å². The highest BCUT2D eigenvalue weighted by Gasteiger charge is 2.26. The summed E-state index contributed by atoms with van der Waals surface area (Å²) in [6.07, 6.45) is 0.640. The fourth-order valence-electron chi connectivity index (χ4n) is 2.57. The fourth-order valence-corrected chi connectivity index (χ4v) is 2.57. The average molecular weight is 248 g/mol. The highest BCUT2D eigenvalue weighted by molar-refractivity contribution is 5.73. The van der Waals surface area contributed by atoms with Gasteiger partial charge in [0.05, 0.1) is 0 Å². The van der Waals surface area contributed by atoms with Gasteiger partial charge in [0, 0.05) is 32.4 Å². The van der Waals surface area contributed by atoms with Gasteiger partial charge in [0.2, 0.25) is 0 Å². The molecule has 0 radical (unpaired) electrons. The second kappa shape index (κ2) is 5.40. The quantitative estimate of drug-likeness (QED) is 0.886. The molecule has 1 aromatic carbocycles. The van der Waals surface area contributed by atoms with Gasteiger partial charge in [0.25, 0.3) is 0 Å². The number of anilines is 1. The van der Waals surface area contributed by atoms with Crippen molar-refractivity contribution < 1.29 is 9.90 Å². The average Bonchev–Trinajstić information content (AvgIpc) is 2.51. The van der Waals surface area contributed by atoms with Crippen molar-refractivity contribution >= 4 is 11.7 Å². The van der Waals surface area contributed by atoms with Gasteiger partial charge in [0.1, 0.15) is 6.04 Å². The van der Waals surface area contributed by atoms with Crippen LogP contribution >= 0.6 is 0 Å². The van der Waals surface area contributed by atoms with E-state index in [2.05, 4.69) is 29.0 Å². The lowest BCUT2D eigenvalue weighted by atomic mass is 10.1. The topological polar surface area (TPSA) is 43.8 Å². The maximum atomic E-state index is 11.3. The molecule has 4 nitrogen and oxygen atoms in total.